The highest BCUT2D eigenvalue weighted by Crippen LogP contribution is 2.28. The molecule has 0 heterocycles. The molecular weight excluding hydrogens is 244 g/mol. The Labute approximate surface area is 110 Å². The number of anilines is 1. The van der Waals surface area contributed by atoms with E-state index in [1.165, 1.54) is 5.56 Å². The summed E-state index contributed by atoms with van der Waals surface area (Å²) in [6, 6.07) is 15.2. The molecule has 4 heteroatoms. The highest BCUT2D eigenvalue weighted by atomic mass is 32.2. The van der Waals surface area contributed by atoms with Gasteiger partial charge in [-0.2, -0.15) is 0 Å². The quantitative estimate of drug-likeness (QED) is 0.654. The van der Waals surface area contributed by atoms with Gasteiger partial charge in [-0.3, -0.25) is 4.79 Å². The van der Waals surface area contributed by atoms with Gasteiger partial charge in [-0.1, -0.05) is 30.3 Å². The van der Waals surface area contributed by atoms with E-state index in [0.29, 0.717) is 11.3 Å². The summed E-state index contributed by atoms with van der Waals surface area (Å²) in [5.41, 5.74) is 13.5. The van der Waals surface area contributed by atoms with Crippen molar-refractivity contribution in [1.29, 1.82) is 0 Å². The van der Waals surface area contributed by atoms with Crippen molar-refractivity contribution in [3.8, 4) is 0 Å². The minimum Gasteiger partial charge on any atom is -0.398 e. The second-order valence-electron chi connectivity index (χ2n) is 3.89. The van der Waals surface area contributed by atoms with Crippen LogP contribution in [0.25, 0.3) is 0 Å². The molecule has 0 bridgehead atoms. The predicted molar refractivity (Wildman–Crippen MR) is 75.4 cm³/mol. The van der Waals surface area contributed by atoms with Crippen molar-refractivity contribution in [3.63, 3.8) is 0 Å². The van der Waals surface area contributed by atoms with Gasteiger partial charge < -0.3 is 11.5 Å². The number of primary amides is 1. The van der Waals surface area contributed by atoms with Gasteiger partial charge in [0.25, 0.3) is 0 Å². The van der Waals surface area contributed by atoms with Gasteiger partial charge in [0, 0.05) is 21.9 Å². The third kappa shape index (κ3) is 3.05. The zero-order valence-electron chi connectivity index (χ0n) is 9.80. The fourth-order valence-corrected chi connectivity index (χ4v) is 2.51. The number of amides is 1. The first-order valence-electron chi connectivity index (χ1n) is 5.53. The summed E-state index contributed by atoms with van der Waals surface area (Å²) in [6.07, 6.45) is 0. The Bertz CT molecular complexity index is 555. The molecule has 0 aliphatic heterocycles. The Balaban J connectivity index is 2.14. The molecule has 2 rings (SSSR count). The highest BCUT2D eigenvalue weighted by Gasteiger charge is 2.06. The number of carbonyl (C=O) groups is 1. The van der Waals surface area contributed by atoms with Crippen molar-refractivity contribution in [1.82, 2.24) is 0 Å². The molecule has 0 aliphatic rings. The Hall–Kier alpha value is -1.94. The van der Waals surface area contributed by atoms with Crippen molar-refractivity contribution in [2.24, 2.45) is 5.73 Å². The lowest BCUT2D eigenvalue weighted by molar-refractivity contribution is 0.1000. The fourth-order valence-electron chi connectivity index (χ4n) is 1.55. The van der Waals surface area contributed by atoms with Crippen LogP contribution in [0.4, 0.5) is 5.69 Å². The van der Waals surface area contributed by atoms with E-state index in [-0.39, 0.29) is 0 Å². The van der Waals surface area contributed by atoms with Crippen molar-refractivity contribution >= 4 is 23.4 Å². The number of nitrogens with two attached hydrogens (primary N) is 2. The molecule has 92 valence electrons. The molecule has 0 aromatic heterocycles. The van der Waals surface area contributed by atoms with Crippen molar-refractivity contribution in [3.05, 3.63) is 59.7 Å². The molecule has 0 saturated carbocycles. The van der Waals surface area contributed by atoms with Crippen LogP contribution in [0.1, 0.15) is 15.9 Å². The van der Waals surface area contributed by atoms with E-state index < -0.39 is 5.91 Å². The average molecular weight is 258 g/mol. The number of hydrogen-bond acceptors (Lipinski definition) is 3. The molecule has 0 spiro atoms. The predicted octanol–water partition coefficient (Wildman–Crippen LogP) is 2.66. The normalized spacial score (nSPS) is 10.2. The first-order valence-corrected chi connectivity index (χ1v) is 6.51. The molecule has 1 amide bonds. The second-order valence-corrected chi connectivity index (χ2v) is 4.91. The van der Waals surface area contributed by atoms with E-state index in [0.717, 1.165) is 10.6 Å². The molecule has 3 nitrogen and oxygen atoms in total. The van der Waals surface area contributed by atoms with Crippen LogP contribution in [0.15, 0.2) is 53.4 Å². The van der Waals surface area contributed by atoms with E-state index in [1.54, 1.807) is 30.0 Å². The molecule has 0 fully saturated rings. The molecule has 2 aromatic carbocycles. The number of hydrogen-bond donors (Lipinski definition) is 2. The standard InChI is InChI=1S/C14H14N2OS/c15-12-7-6-11(14(16)17)8-13(12)18-9-10-4-2-1-3-5-10/h1-8H,9,15H2,(H2,16,17). The third-order valence-corrected chi connectivity index (χ3v) is 3.68. The number of thioether (sulfide) groups is 1. The van der Waals surface area contributed by atoms with Crippen LogP contribution < -0.4 is 11.5 Å². The molecular formula is C14H14N2OS. The van der Waals surface area contributed by atoms with Gasteiger partial charge in [-0.05, 0) is 23.8 Å². The fraction of sp³-hybridized carbons (Fsp3) is 0.0714. The smallest absolute Gasteiger partial charge is 0.248 e. The largest absolute Gasteiger partial charge is 0.398 e. The monoisotopic (exact) mass is 258 g/mol. The highest BCUT2D eigenvalue weighted by molar-refractivity contribution is 7.98. The van der Waals surface area contributed by atoms with Crippen molar-refractivity contribution in [2.45, 2.75) is 10.6 Å². The molecule has 2 aromatic rings. The summed E-state index contributed by atoms with van der Waals surface area (Å²) < 4.78 is 0. The van der Waals surface area contributed by atoms with E-state index in [4.69, 9.17) is 11.5 Å². The number of rotatable bonds is 4. The maximum absolute atomic E-state index is 11.1. The number of benzene rings is 2. The van der Waals surface area contributed by atoms with Crippen LogP contribution in [-0.2, 0) is 5.75 Å². The third-order valence-electron chi connectivity index (χ3n) is 2.54. The van der Waals surface area contributed by atoms with Gasteiger partial charge in [0.1, 0.15) is 0 Å². The summed E-state index contributed by atoms with van der Waals surface area (Å²) in [7, 11) is 0. The molecule has 18 heavy (non-hydrogen) atoms. The van der Waals surface area contributed by atoms with Crippen LogP contribution in [0.5, 0.6) is 0 Å². The maximum Gasteiger partial charge on any atom is 0.248 e. The van der Waals surface area contributed by atoms with Crippen LogP contribution in [0.3, 0.4) is 0 Å². The lowest BCUT2D eigenvalue weighted by atomic mass is 10.2. The molecule has 4 N–H and O–H groups in total. The topological polar surface area (TPSA) is 69.1 Å². The molecule has 0 aliphatic carbocycles. The first kappa shape index (κ1) is 12.5. The van der Waals surface area contributed by atoms with Crippen LogP contribution in [-0.4, -0.2) is 5.91 Å². The zero-order chi connectivity index (χ0) is 13.0. The molecule has 0 unspecified atom stereocenters. The van der Waals surface area contributed by atoms with E-state index in [1.807, 2.05) is 18.2 Å². The van der Waals surface area contributed by atoms with Crippen LogP contribution in [0, 0.1) is 0 Å². The van der Waals surface area contributed by atoms with E-state index in [9.17, 15) is 4.79 Å². The molecule has 0 atom stereocenters. The lowest BCUT2D eigenvalue weighted by Gasteiger charge is -2.07. The van der Waals surface area contributed by atoms with Crippen molar-refractivity contribution in [2.75, 3.05) is 5.73 Å². The van der Waals surface area contributed by atoms with Gasteiger partial charge >= 0.3 is 0 Å². The van der Waals surface area contributed by atoms with Gasteiger partial charge in [0.15, 0.2) is 0 Å². The van der Waals surface area contributed by atoms with Crippen LogP contribution >= 0.6 is 11.8 Å². The Morgan fingerprint density at radius 2 is 1.83 bits per heavy atom. The Morgan fingerprint density at radius 3 is 2.50 bits per heavy atom. The van der Waals surface area contributed by atoms with Crippen molar-refractivity contribution < 1.29 is 4.79 Å². The Kier molecular flexibility index (Phi) is 3.89. The summed E-state index contributed by atoms with van der Waals surface area (Å²) in [5.74, 6) is 0.379. The summed E-state index contributed by atoms with van der Waals surface area (Å²) in [6.45, 7) is 0. The van der Waals surface area contributed by atoms with Gasteiger partial charge in [0.2, 0.25) is 5.91 Å². The summed E-state index contributed by atoms with van der Waals surface area (Å²) in [4.78, 5) is 12.0. The Morgan fingerprint density at radius 1 is 1.11 bits per heavy atom. The van der Waals surface area contributed by atoms with E-state index >= 15 is 0 Å². The molecule has 0 radical (unpaired) electrons. The van der Waals surface area contributed by atoms with Crippen LogP contribution in [0.2, 0.25) is 0 Å². The summed E-state index contributed by atoms with van der Waals surface area (Å²) in [5, 5.41) is 0. The van der Waals surface area contributed by atoms with E-state index in [2.05, 4.69) is 12.1 Å². The summed E-state index contributed by atoms with van der Waals surface area (Å²) >= 11 is 1.60. The second kappa shape index (κ2) is 5.60. The zero-order valence-corrected chi connectivity index (χ0v) is 10.6. The SMILES string of the molecule is NC(=O)c1ccc(N)c(SCc2ccccc2)c1. The minimum absolute atomic E-state index is 0.434. The number of nitrogen functional groups attached to an aromatic ring is 1. The van der Waals surface area contributed by atoms with Gasteiger partial charge in [0.05, 0.1) is 0 Å². The molecule has 0 saturated heterocycles. The number of carbonyl (C=O) groups excluding carboxylic acids is 1. The lowest BCUT2D eigenvalue weighted by Crippen LogP contribution is -2.11. The minimum atomic E-state index is -0.434. The van der Waals surface area contributed by atoms with Gasteiger partial charge in [-0.25, -0.2) is 0 Å². The van der Waals surface area contributed by atoms with Gasteiger partial charge in [-0.15, -0.1) is 11.8 Å². The first-order chi connectivity index (χ1) is 8.66. The average Bonchev–Trinajstić information content (AvgIpc) is 2.38. The maximum atomic E-state index is 11.1.